The average Bonchev–Trinajstić information content (AvgIpc) is 2.39. The van der Waals surface area contributed by atoms with E-state index in [9.17, 15) is 8.78 Å². The van der Waals surface area contributed by atoms with Gasteiger partial charge >= 0.3 is 6.61 Å². The summed E-state index contributed by atoms with van der Waals surface area (Å²) in [7, 11) is 0. The minimum atomic E-state index is -2.87. The van der Waals surface area contributed by atoms with Crippen LogP contribution < -0.4 is 9.47 Å². The van der Waals surface area contributed by atoms with E-state index in [-0.39, 0.29) is 11.5 Å². The Morgan fingerprint density at radius 1 is 1.05 bits per heavy atom. The first kappa shape index (κ1) is 19.0. The highest BCUT2D eigenvalue weighted by atomic mass is 35.5. The average molecular weight is 335 g/mol. The molecule has 0 fully saturated rings. The van der Waals surface area contributed by atoms with E-state index in [0.29, 0.717) is 17.0 Å². The Morgan fingerprint density at radius 3 is 2.36 bits per heavy atom. The van der Waals surface area contributed by atoms with E-state index < -0.39 is 6.61 Å². The van der Waals surface area contributed by atoms with Crippen LogP contribution in [0.3, 0.4) is 0 Å². The van der Waals surface area contributed by atoms with Gasteiger partial charge in [-0.1, -0.05) is 51.6 Å². The molecule has 0 aliphatic heterocycles. The number of unbranched alkanes of at least 4 members (excludes halogenated alkanes) is 3. The molecule has 126 valence electrons. The summed E-state index contributed by atoms with van der Waals surface area (Å²) in [6, 6.07) is 4.39. The molecule has 0 atom stereocenters. The summed E-state index contributed by atoms with van der Waals surface area (Å²) in [4.78, 5) is 0. The van der Waals surface area contributed by atoms with Gasteiger partial charge in [-0.05, 0) is 30.4 Å². The summed E-state index contributed by atoms with van der Waals surface area (Å²) >= 11 is 5.85. The van der Waals surface area contributed by atoms with Crippen molar-refractivity contribution in [3.63, 3.8) is 0 Å². The van der Waals surface area contributed by atoms with Crippen LogP contribution >= 0.6 is 11.6 Å². The Morgan fingerprint density at radius 2 is 1.73 bits per heavy atom. The Bertz CT molecular complexity index is 445. The monoisotopic (exact) mass is 334 g/mol. The van der Waals surface area contributed by atoms with Gasteiger partial charge in [-0.15, -0.1) is 0 Å². The topological polar surface area (TPSA) is 18.5 Å². The first-order chi connectivity index (χ1) is 10.3. The molecule has 0 radical (unpaired) electrons. The smallest absolute Gasteiger partial charge is 0.387 e. The van der Waals surface area contributed by atoms with Gasteiger partial charge in [0.05, 0.1) is 6.61 Å². The molecule has 0 aliphatic carbocycles. The van der Waals surface area contributed by atoms with Crippen LogP contribution in [-0.2, 0) is 0 Å². The van der Waals surface area contributed by atoms with Gasteiger partial charge < -0.3 is 9.47 Å². The van der Waals surface area contributed by atoms with Crippen molar-refractivity contribution in [3.8, 4) is 11.5 Å². The predicted octanol–water partition coefficient (Wildman–Crippen LogP) is 6.32. The van der Waals surface area contributed by atoms with Crippen molar-refractivity contribution < 1.29 is 18.3 Å². The maximum Gasteiger partial charge on any atom is 0.387 e. The Labute approximate surface area is 136 Å². The highest BCUT2D eigenvalue weighted by Gasteiger charge is 2.12. The number of halogens is 3. The molecule has 1 aromatic rings. The zero-order valence-corrected chi connectivity index (χ0v) is 14.3. The summed E-state index contributed by atoms with van der Waals surface area (Å²) in [5.41, 5.74) is 0.374. The zero-order chi connectivity index (χ0) is 16.6. The number of rotatable bonds is 9. The van der Waals surface area contributed by atoms with E-state index in [1.54, 1.807) is 0 Å². The van der Waals surface area contributed by atoms with Gasteiger partial charge in [0.15, 0.2) is 11.5 Å². The van der Waals surface area contributed by atoms with Crippen molar-refractivity contribution in [2.24, 2.45) is 5.41 Å². The molecule has 2 nitrogen and oxygen atoms in total. The molecule has 0 N–H and O–H groups in total. The number of hydrogen-bond donors (Lipinski definition) is 0. The van der Waals surface area contributed by atoms with E-state index >= 15 is 0 Å². The molecule has 0 saturated heterocycles. The van der Waals surface area contributed by atoms with Crippen LogP contribution in [0, 0.1) is 5.41 Å². The maximum atomic E-state index is 12.3. The third kappa shape index (κ3) is 8.42. The van der Waals surface area contributed by atoms with Crippen molar-refractivity contribution in [1.29, 1.82) is 0 Å². The molecule has 0 bridgehead atoms. The summed E-state index contributed by atoms with van der Waals surface area (Å²) in [5, 5.41) is 0.432. The first-order valence-electron chi connectivity index (χ1n) is 7.65. The normalized spacial score (nSPS) is 11.8. The number of hydrogen-bond acceptors (Lipinski definition) is 2. The fraction of sp³-hybridized carbons (Fsp3) is 0.647. The fourth-order valence-electron chi connectivity index (χ4n) is 2.08. The molecule has 0 saturated carbocycles. The second-order valence-electron chi connectivity index (χ2n) is 6.54. The molecule has 5 heteroatoms. The van der Waals surface area contributed by atoms with E-state index in [1.807, 2.05) is 0 Å². The van der Waals surface area contributed by atoms with Crippen molar-refractivity contribution in [1.82, 2.24) is 0 Å². The van der Waals surface area contributed by atoms with Crippen LogP contribution in [-0.4, -0.2) is 13.2 Å². The van der Waals surface area contributed by atoms with Crippen LogP contribution in [0.15, 0.2) is 18.2 Å². The van der Waals surface area contributed by atoms with Crippen LogP contribution in [0.1, 0.15) is 52.9 Å². The summed E-state index contributed by atoms with van der Waals surface area (Å²) in [6.45, 7) is 4.30. The van der Waals surface area contributed by atoms with Crippen molar-refractivity contribution in [2.45, 2.75) is 59.5 Å². The third-order valence-electron chi connectivity index (χ3n) is 3.20. The van der Waals surface area contributed by atoms with Crippen LogP contribution in [0.25, 0.3) is 0 Å². The lowest BCUT2D eigenvalue weighted by atomic mass is 9.89. The van der Waals surface area contributed by atoms with Gasteiger partial charge in [-0.2, -0.15) is 8.78 Å². The Hall–Kier alpha value is -1.03. The summed E-state index contributed by atoms with van der Waals surface area (Å²) in [6.07, 6.45) is 5.48. The van der Waals surface area contributed by atoms with Gasteiger partial charge in [0.25, 0.3) is 0 Å². The number of ether oxygens (including phenoxy) is 2. The lowest BCUT2D eigenvalue weighted by Crippen LogP contribution is -2.06. The van der Waals surface area contributed by atoms with Gasteiger partial charge in [-0.25, -0.2) is 0 Å². The molecule has 0 unspecified atom stereocenters. The Kier molecular flexibility index (Phi) is 7.94. The molecule has 0 aliphatic rings. The molecule has 1 aromatic carbocycles. The standard InChI is InChI=1S/C17H25ClF2O2/c1-17(2,3)10-6-4-5-7-11-21-15-12-13(18)8-9-14(15)22-16(19)20/h8-9,12,16H,4-7,10-11H2,1-3H3. The summed E-state index contributed by atoms with van der Waals surface area (Å²) in [5.74, 6) is 0.287. The second-order valence-corrected chi connectivity index (χ2v) is 6.98. The van der Waals surface area contributed by atoms with E-state index in [1.165, 1.54) is 31.0 Å². The van der Waals surface area contributed by atoms with Crippen molar-refractivity contribution in [3.05, 3.63) is 23.2 Å². The SMILES string of the molecule is CC(C)(C)CCCCCCOc1cc(Cl)ccc1OC(F)F. The largest absolute Gasteiger partial charge is 0.490 e. The second kappa shape index (κ2) is 9.19. The first-order valence-corrected chi connectivity index (χ1v) is 8.03. The molecule has 22 heavy (non-hydrogen) atoms. The zero-order valence-electron chi connectivity index (χ0n) is 13.5. The minimum Gasteiger partial charge on any atom is -0.490 e. The van der Waals surface area contributed by atoms with Gasteiger partial charge in [-0.3, -0.25) is 0 Å². The highest BCUT2D eigenvalue weighted by molar-refractivity contribution is 6.30. The van der Waals surface area contributed by atoms with E-state index in [0.717, 1.165) is 19.3 Å². The van der Waals surface area contributed by atoms with Crippen molar-refractivity contribution >= 4 is 11.6 Å². The molecular formula is C17H25ClF2O2. The minimum absolute atomic E-state index is 0.0205. The van der Waals surface area contributed by atoms with Gasteiger partial charge in [0.1, 0.15) is 0 Å². The molecular weight excluding hydrogens is 310 g/mol. The van der Waals surface area contributed by atoms with Gasteiger partial charge in [0, 0.05) is 11.1 Å². The van der Waals surface area contributed by atoms with E-state index in [4.69, 9.17) is 16.3 Å². The van der Waals surface area contributed by atoms with Crippen molar-refractivity contribution in [2.75, 3.05) is 6.61 Å². The lowest BCUT2D eigenvalue weighted by Gasteiger charge is -2.17. The maximum absolute atomic E-state index is 12.3. The molecule has 1 rings (SSSR count). The molecule has 0 amide bonds. The third-order valence-corrected chi connectivity index (χ3v) is 3.44. The lowest BCUT2D eigenvalue weighted by molar-refractivity contribution is -0.0515. The summed E-state index contributed by atoms with van der Waals surface area (Å²) < 4.78 is 34.6. The van der Waals surface area contributed by atoms with Gasteiger partial charge in [0.2, 0.25) is 0 Å². The highest BCUT2D eigenvalue weighted by Crippen LogP contribution is 2.31. The van der Waals surface area contributed by atoms with Crippen LogP contribution in [0.4, 0.5) is 8.78 Å². The Balaban J connectivity index is 2.31. The quantitative estimate of drug-likeness (QED) is 0.492. The molecule has 0 heterocycles. The van der Waals surface area contributed by atoms with Crippen LogP contribution in [0.2, 0.25) is 5.02 Å². The van der Waals surface area contributed by atoms with Crippen LogP contribution in [0.5, 0.6) is 11.5 Å². The van der Waals surface area contributed by atoms with E-state index in [2.05, 4.69) is 25.5 Å². The molecule has 0 spiro atoms. The predicted molar refractivity (Wildman–Crippen MR) is 86.1 cm³/mol. The number of benzene rings is 1. The fourth-order valence-corrected chi connectivity index (χ4v) is 2.24. The molecule has 0 aromatic heterocycles. The number of alkyl halides is 2.